The van der Waals surface area contributed by atoms with E-state index < -0.39 is 0 Å². The van der Waals surface area contributed by atoms with Crippen molar-refractivity contribution in [2.45, 2.75) is 70.4 Å². The first kappa shape index (κ1) is 25.1. The fraction of sp³-hybridized carbons (Fsp3) is 0.455. The molecule has 4 atom stereocenters. The van der Waals surface area contributed by atoms with Crippen molar-refractivity contribution in [3.63, 3.8) is 0 Å². The lowest BCUT2D eigenvalue weighted by Gasteiger charge is -2.31. The van der Waals surface area contributed by atoms with Crippen molar-refractivity contribution in [2.75, 3.05) is 6.61 Å². The Balaban J connectivity index is 1.22. The number of ether oxygens (including phenoxy) is 1. The van der Waals surface area contributed by atoms with Crippen LogP contribution in [0.3, 0.4) is 0 Å². The Bertz CT molecular complexity index is 1270. The lowest BCUT2D eigenvalue weighted by molar-refractivity contribution is -0.143. The van der Waals surface area contributed by atoms with E-state index in [0.717, 1.165) is 49.7 Å². The van der Waals surface area contributed by atoms with Gasteiger partial charge in [0.05, 0.1) is 24.5 Å². The fourth-order valence-corrected chi connectivity index (χ4v) is 7.41. The van der Waals surface area contributed by atoms with E-state index in [1.807, 2.05) is 30.3 Å². The third-order valence-corrected chi connectivity index (χ3v) is 9.16. The van der Waals surface area contributed by atoms with Gasteiger partial charge in [-0.05, 0) is 73.4 Å². The Kier molecular flexibility index (Phi) is 6.96. The van der Waals surface area contributed by atoms with Crippen LogP contribution in [0.15, 0.2) is 65.7 Å². The molecule has 3 fully saturated rings. The summed E-state index contributed by atoms with van der Waals surface area (Å²) in [5.41, 5.74) is 5.80. The summed E-state index contributed by atoms with van der Waals surface area (Å²) in [7, 11) is 0. The summed E-state index contributed by atoms with van der Waals surface area (Å²) in [5.74, 6) is -0.0904. The van der Waals surface area contributed by atoms with Gasteiger partial charge < -0.3 is 9.84 Å². The van der Waals surface area contributed by atoms with Crippen molar-refractivity contribution in [3.8, 4) is 5.75 Å². The van der Waals surface area contributed by atoms with Crippen LogP contribution >= 0.6 is 0 Å². The van der Waals surface area contributed by atoms with E-state index in [-0.39, 0.29) is 47.5 Å². The molecule has 0 spiro atoms. The second-order valence-electron chi connectivity index (χ2n) is 11.5. The highest BCUT2D eigenvalue weighted by Crippen LogP contribution is 2.50. The number of imide groups is 1. The normalized spacial score (nSPS) is 28.1. The lowest BCUT2D eigenvalue weighted by Crippen LogP contribution is -2.42. The van der Waals surface area contributed by atoms with E-state index in [1.54, 1.807) is 17.0 Å². The molecule has 0 radical (unpaired) electrons. The van der Waals surface area contributed by atoms with Crippen LogP contribution in [-0.2, 0) is 14.3 Å². The molecule has 198 valence electrons. The van der Waals surface area contributed by atoms with Gasteiger partial charge in [-0.15, -0.1) is 0 Å². The van der Waals surface area contributed by atoms with Crippen molar-refractivity contribution in [1.29, 1.82) is 0 Å². The summed E-state index contributed by atoms with van der Waals surface area (Å²) in [6.45, 7) is 2.66. The van der Waals surface area contributed by atoms with Crippen molar-refractivity contribution in [1.82, 2.24) is 4.90 Å². The Labute approximate surface area is 225 Å². The minimum atomic E-state index is -0.260. The molecular weight excluding hydrogens is 474 g/mol. The number of benzene rings is 2. The van der Waals surface area contributed by atoms with Gasteiger partial charge in [0.1, 0.15) is 5.75 Å². The number of rotatable bonds is 6. The van der Waals surface area contributed by atoms with E-state index in [4.69, 9.17) is 4.74 Å². The van der Waals surface area contributed by atoms with Gasteiger partial charge in [-0.1, -0.05) is 73.4 Å². The smallest absolute Gasteiger partial charge is 0.234 e. The standard InChI is InChI=1S/C33H37NO4/c1-21-17-27-31(33(37)34(32(27)36)25-12-6-3-7-13-25)28-20-38-29(30(21)28)16-15-24(23-10-4-2-5-11-23)18-22-9-8-14-26(35)19-22/h2,4-5,8-11,14,18-19,25,27-29,31,35H,3,6-7,12-13,15-17,20H2,1H3/b24-18-/t27-,28+,29-,31-/m1/s1. The summed E-state index contributed by atoms with van der Waals surface area (Å²) < 4.78 is 6.39. The Morgan fingerprint density at radius 2 is 1.79 bits per heavy atom. The van der Waals surface area contributed by atoms with Crippen molar-refractivity contribution in [2.24, 2.45) is 17.8 Å². The van der Waals surface area contributed by atoms with Crippen LogP contribution in [0.25, 0.3) is 11.6 Å². The number of hydrogen-bond acceptors (Lipinski definition) is 4. The number of phenolic OH excluding ortho intramolecular Hbond substituents is 1. The quantitative estimate of drug-likeness (QED) is 0.278. The largest absolute Gasteiger partial charge is 0.508 e. The van der Waals surface area contributed by atoms with Crippen LogP contribution in [0.5, 0.6) is 5.75 Å². The molecule has 2 aromatic carbocycles. The highest BCUT2D eigenvalue weighted by atomic mass is 16.5. The number of carbonyl (C=O) groups is 2. The maximum atomic E-state index is 13.7. The predicted molar refractivity (Wildman–Crippen MR) is 148 cm³/mol. The molecule has 2 heterocycles. The van der Waals surface area contributed by atoms with Gasteiger partial charge in [0.2, 0.25) is 11.8 Å². The van der Waals surface area contributed by atoms with Gasteiger partial charge in [0.25, 0.3) is 0 Å². The minimum Gasteiger partial charge on any atom is -0.508 e. The van der Waals surface area contributed by atoms with Crippen molar-refractivity contribution in [3.05, 3.63) is 76.9 Å². The Hall–Kier alpha value is -3.18. The maximum absolute atomic E-state index is 13.7. The highest BCUT2D eigenvalue weighted by molar-refractivity contribution is 6.06. The zero-order chi connectivity index (χ0) is 26.2. The number of allylic oxidation sites excluding steroid dienone is 2. The predicted octanol–water partition coefficient (Wildman–Crippen LogP) is 6.38. The van der Waals surface area contributed by atoms with Crippen LogP contribution in [-0.4, -0.2) is 40.6 Å². The topological polar surface area (TPSA) is 66.8 Å². The van der Waals surface area contributed by atoms with Crippen LogP contribution < -0.4 is 0 Å². The fourth-order valence-electron chi connectivity index (χ4n) is 7.41. The van der Waals surface area contributed by atoms with Gasteiger partial charge in [-0.3, -0.25) is 14.5 Å². The third-order valence-electron chi connectivity index (χ3n) is 9.16. The zero-order valence-electron chi connectivity index (χ0n) is 22.1. The first-order valence-electron chi connectivity index (χ1n) is 14.2. The minimum absolute atomic E-state index is 0.0130. The number of amides is 2. The molecule has 38 heavy (non-hydrogen) atoms. The molecule has 2 aliphatic carbocycles. The third kappa shape index (κ3) is 4.62. The van der Waals surface area contributed by atoms with Crippen molar-refractivity contribution < 1.29 is 19.4 Å². The van der Waals surface area contributed by atoms with Crippen molar-refractivity contribution >= 4 is 23.5 Å². The summed E-state index contributed by atoms with van der Waals surface area (Å²) in [5, 5.41) is 9.96. The number of likely N-dealkylation sites (tertiary alicyclic amines) is 1. The molecule has 5 nitrogen and oxygen atoms in total. The average Bonchev–Trinajstić information content (AvgIpc) is 3.46. The van der Waals surface area contributed by atoms with Gasteiger partial charge in [-0.25, -0.2) is 0 Å². The molecule has 0 bridgehead atoms. The average molecular weight is 512 g/mol. The summed E-state index contributed by atoms with van der Waals surface area (Å²) >= 11 is 0. The first-order valence-corrected chi connectivity index (χ1v) is 14.2. The number of carbonyl (C=O) groups excluding carboxylic acids is 2. The molecule has 2 aliphatic heterocycles. The molecule has 2 aromatic rings. The lowest BCUT2D eigenvalue weighted by atomic mass is 9.70. The molecule has 0 unspecified atom stereocenters. The van der Waals surface area contributed by atoms with Gasteiger partial charge in [0.15, 0.2) is 0 Å². The summed E-state index contributed by atoms with van der Waals surface area (Å²) in [4.78, 5) is 28.8. The summed E-state index contributed by atoms with van der Waals surface area (Å²) in [6.07, 6.45) is 9.72. The van der Waals surface area contributed by atoms with E-state index in [2.05, 4.69) is 25.1 Å². The van der Waals surface area contributed by atoms with E-state index >= 15 is 0 Å². The second kappa shape index (κ2) is 10.5. The molecule has 2 saturated heterocycles. The van der Waals surface area contributed by atoms with Gasteiger partial charge >= 0.3 is 0 Å². The highest BCUT2D eigenvalue weighted by Gasteiger charge is 2.57. The molecule has 0 aromatic heterocycles. The molecule has 6 rings (SSSR count). The number of hydrogen-bond donors (Lipinski definition) is 1. The Morgan fingerprint density at radius 3 is 2.55 bits per heavy atom. The molecule has 4 aliphatic rings. The number of nitrogens with zero attached hydrogens (tertiary/aromatic N) is 1. The SMILES string of the molecule is CC1=C2[C@@H](CC/C(=C/c3cccc(O)c3)c3ccccc3)OC[C@@H]2[C@@H]2C(=O)N(C3CCCCC3)C(=O)[C@@H]2C1. The number of fused-ring (bicyclic) bond motifs is 3. The zero-order valence-corrected chi connectivity index (χ0v) is 22.1. The van der Waals surface area contributed by atoms with Crippen LogP contribution in [0, 0.1) is 17.8 Å². The number of aromatic hydroxyl groups is 1. The maximum Gasteiger partial charge on any atom is 0.234 e. The van der Waals surface area contributed by atoms with Gasteiger partial charge in [0, 0.05) is 12.0 Å². The second-order valence-corrected chi connectivity index (χ2v) is 11.5. The van der Waals surface area contributed by atoms with Gasteiger partial charge in [-0.2, -0.15) is 0 Å². The molecule has 1 N–H and O–H groups in total. The summed E-state index contributed by atoms with van der Waals surface area (Å²) in [6, 6.07) is 17.7. The molecule has 1 saturated carbocycles. The van der Waals surface area contributed by atoms with Crippen LogP contribution in [0.4, 0.5) is 0 Å². The number of phenols is 1. The first-order chi connectivity index (χ1) is 18.5. The monoisotopic (exact) mass is 511 g/mol. The van der Waals surface area contributed by atoms with E-state index in [0.29, 0.717) is 13.0 Å². The van der Waals surface area contributed by atoms with Crippen LogP contribution in [0.1, 0.15) is 69.4 Å². The van der Waals surface area contributed by atoms with E-state index in [1.165, 1.54) is 23.1 Å². The van der Waals surface area contributed by atoms with Crippen LogP contribution in [0.2, 0.25) is 0 Å². The molecule has 2 amide bonds. The molecule has 5 heteroatoms. The molecular formula is C33H37NO4. The Morgan fingerprint density at radius 1 is 1.00 bits per heavy atom. The van der Waals surface area contributed by atoms with E-state index in [9.17, 15) is 14.7 Å².